The van der Waals surface area contributed by atoms with Crippen molar-refractivity contribution < 1.29 is 0 Å². The standard InChI is InChI=1S/C15H18BrClN2S/c1-2-19(10-12-4-3-7-20-12)15(9-18)13-6-5-11(17)8-14(13)16/h3-8,15H,2,9-10,18H2,1H3. The fraction of sp³-hybridized carbons (Fsp3) is 0.333. The molecule has 5 heteroatoms. The fourth-order valence-corrected chi connectivity index (χ4v) is 3.97. The van der Waals surface area contributed by atoms with E-state index in [0.29, 0.717) is 6.54 Å². The van der Waals surface area contributed by atoms with Crippen molar-refractivity contribution in [2.75, 3.05) is 13.1 Å². The lowest BCUT2D eigenvalue weighted by Crippen LogP contribution is -2.33. The summed E-state index contributed by atoms with van der Waals surface area (Å²) < 4.78 is 1.02. The van der Waals surface area contributed by atoms with Gasteiger partial charge >= 0.3 is 0 Å². The van der Waals surface area contributed by atoms with Gasteiger partial charge in [-0.15, -0.1) is 11.3 Å². The molecule has 0 fully saturated rings. The molecule has 0 aliphatic carbocycles. The second-order valence-electron chi connectivity index (χ2n) is 4.56. The number of thiophene rings is 1. The van der Waals surface area contributed by atoms with E-state index in [1.165, 1.54) is 10.4 Å². The Kier molecular flexibility index (Phi) is 6.05. The molecule has 0 aliphatic rings. The van der Waals surface area contributed by atoms with E-state index in [1.807, 2.05) is 12.1 Å². The highest BCUT2D eigenvalue weighted by Gasteiger charge is 2.20. The average Bonchev–Trinajstić information content (AvgIpc) is 2.93. The maximum Gasteiger partial charge on any atom is 0.0485 e. The van der Waals surface area contributed by atoms with Crippen LogP contribution in [0.4, 0.5) is 0 Å². The van der Waals surface area contributed by atoms with Gasteiger partial charge in [0.05, 0.1) is 0 Å². The third-order valence-corrected chi connectivity index (χ3v) is 5.11. The predicted octanol–water partition coefficient (Wildman–Crippen LogP) is 4.69. The van der Waals surface area contributed by atoms with Crippen LogP contribution in [-0.4, -0.2) is 18.0 Å². The second kappa shape index (κ2) is 7.57. The Morgan fingerprint density at radius 1 is 1.40 bits per heavy atom. The number of hydrogen-bond acceptors (Lipinski definition) is 3. The third-order valence-electron chi connectivity index (χ3n) is 3.33. The van der Waals surface area contributed by atoms with Gasteiger partial charge in [-0.1, -0.05) is 46.6 Å². The molecule has 0 radical (unpaired) electrons. The van der Waals surface area contributed by atoms with Crippen LogP contribution in [-0.2, 0) is 6.54 Å². The smallest absolute Gasteiger partial charge is 0.0485 e. The normalized spacial score (nSPS) is 12.8. The predicted molar refractivity (Wildman–Crippen MR) is 91.4 cm³/mol. The van der Waals surface area contributed by atoms with Crippen molar-refractivity contribution in [1.82, 2.24) is 4.90 Å². The molecular formula is C15H18BrClN2S. The zero-order valence-electron chi connectivity index (χ0n) is 11.4. The minimum Gasteiger partial charge on any atom is -0.329 e. The van der Waals surface area contributed by atoms with Crippen LogP contribution < -0.4 is 5.73 Å². The zero-order valence-corrected chi connectivity index (χ0v) is 14.5. The van der Waals surface area contributed by atoms with Gasteiger partial charge in [0.2, 0.25) is 0 Å². The van der Waals surface area contributed by atoms with Gasteiger partial charge in [0, 0.05) is 33.5 Å². The summed E-state index contributed by atoms with van der Waals surface area (Å²) in [7, 11) is 0. The lowest BCUT2D eigenvalue weighted by atomic mass is 10.1. The van der Waals surface area contributed by atoms with Crippen LogP contribution in [0.5, 0.6) is 0 Å². The molecule has 1 heterocycles. The summed E-state index contributed by atoms with van der Waals surface area (Å²) in [6, 6.07) is 10.3. The van der Waals surface area contributed by atoms with Crippen LogP contribution in [0, 0.1) is 0 Å². The summed E-state index contributed by atoms with van der Waals surface area (Å²) in [6.45, 7) is 4.62. The van der Waals surface area contributed by atoms with E-state index in [1.54, 1.807) is 11.3 Å². The lowest BCUT2D eigenvalue weighted by Gasteiger charge is -2.30. The van der Waals surface area contributed by atoms with Gasteiger partial charge in [0.15, 0.2) is 0 Å². The molecule has 0 saturated heterocycles. The van der Waals surface area contributed by atoms with Crippen molar-refractivity contribution in [2.45, 2.75) is 19.5 Å². The molecule has 2 nitrogen and oxygen atoms in total. The van der Waals surface area contributed by atoms with Gasteiger partial charge in [-0.25, -0.2) is 0 Å². The van der Waals surface area contributed by atoms with E-state index < -0.39 is 0 Å². The van der Waals surface area contributed by atoms with Gasteiger partial charge < -0.3 is 5.73 Å². The summed E-state index contributed by atoms with van der Waals surface area (Å²) in [5.41, 5.74) is 7.22. The molecule has 20 heavy (non-hydrogen) atoms. The Bertz CT molecular complexity index is 545. The SMILES string of the molecule is CCN(Cc1cccs1)C(CN)c1ccc(Cl)cc1Br. The van der Waals surface area contributed by atoms with E-state index in [-0.39, 0.29) is 6.04 Å². The van der Waals surface area contributed by atoms with E-state index >= 15 is 0 Å². The van der Waals surface area contributed by atoms with E-state index in [4.69, 9.17) is 17.3 Å². The van der Waals surface area contributed by atoms with Crippen LogP contribution >= 0.6 is 38.9 Å². The number of nitrogens with two attached hydrogens (primary N) is 1. The zero-order chi connectivity index (χ0) is 14.5. The van der Waals surface area contributed by atoms with E-state index in [0.717, 1.165) is 22.6 Å². The van der Waals surface area contributed by atoms with Gasteiger partial charge in [0.1, 0.15) is 0 Å². The van der Waals surface area contributed by atoms with Gasteiger partial charge in [-0.05, 0) is 35.7 Å². The molecule has 108 valence electrons. The molecule has 2 rings (SSSR count). The molecule has 0 spiro atoms. The average molecular weight is 374 g/mol. The van der Waals surface area contributed by atoms with E-state index in [9.17, 15) is 0 Å². The molecular weight excluding hydrogens is 356 g/mol. The van der Waals surface area contributed by atoms with Crippen LogP contribution in [0.15, 0.2) is 40.2 Å². The van der Waals surface area contributed by atoms with Crippen molar-refractivity contribution >= 4 is 38.9 Å². The van der Waals surface area contributed by atoms with Gasteiger partial charge in [-0.2, -0.15) is 0 Å². The van der Waals surface area contributed by atoms with Crippen molar-refractivity contribution in [3.05, 3.63) is 55.6 Å². The highest BCUT2D eigenvalue weighted by molar-refractivity contribution is 9.10. The minimum atomic E-state index is 0.189. The van der Waals surface area contributed by atoms with Crippen molar-refractivity contribution in [3.8, 4) is 0 Å². The Balaban J connectivity index is 2.24. The largest absolute Gasteiger partial charge is 0.329 e. The van der Waals surface area contributed by atoms with Crippen LogP contribution in [0.25, 0.3) is 0 Å². The van der Waals surface area contributed by atoms with Gasteiger partial charge in [-0.3, -0.25) is 4.90 Å². The maximum atomic E-state index is 6.03. The number of nitrogens with zero attached hydrogens (tertiary/aromatic N) is 1. The maximum absolute atomic E-state index is 6.03. The first-order valence-electron chi connectivity index (χ1n) is 6.57. The summed E-state index contributed by atoms with van der Waals surface area (Å²) in [5.74, 6) is 0. The van der Waals surface area contributed by atoms with Gasteiger partial charge in [0.25, 0.3) is 0 Å². The van der Waals surface area contributed by atoms with Crippen LogP contribution in [0.2, 0.25) is 5.02 Å². The van der Waals surface area contributed by atoms with Crippen molar-refractivity contribution in [1.29, 1.82) is 0 Å². The summed E-state index contributed by atoms with van der Waals surface area (Å²) >= 11 is 11.4. The number of halogens is 2. The molecule has 0 aliphatic heterocycles. The molecule has 1 aromatic heterocycles. The molecule has 0 amide bonds. The number of rotatable bonds is 6. The first kappa shape index (κ1) is 16.0. The van der Waals surface area contributed by atoms with Crippen LogP contribution in [0.3, 0.4) is 0 Å². The monoisotopic (exact) mass is 372 g/mol. The Hall–Kier alpha value is -0.390. The molecule has 0 bridgehead atoms. The summed E-state index contributed by atoms with van der Waals surface area (Å²) in [6.07, 6.45) is 0. The lowest BCUT2D eigenvalue weighted by molar-refractivity contribution is 0.204. The summed E-state index contributed by atoms with van der Waals surface area (Å²) in [4.78, 5) is 3.75. The minimum absolute atomic E-state index is 0.189. The molecule has 1 unspecified atom stereocenters. The molecule has 1 aromatic carbocycles. The van der Waals surface area contributed by atoms with E-state index in [2.05, 4.69) is 51.3 Å². The Labute approximate surface area is 137 Å². The van der Waals surface area contributed by atoms with Crippen LogP contribution in [0.1, 0.15) is 23.4 Å². The van der Waals surface area contributed by atoms with Crippen molar-refractivity contribution in [3.63, 3.8) is 0 Å². The Morgan fingerprint density at radius 3 is 2.75 bits per heavy atom. The molecule has 1 atom stereocenters. The number of hydrogen-bond donors (Lipinski definition) is 1. The second-order valence-corrected chi connectivity index (χ2v) is 6.88. The number of benzene rings is 1. The molecule has 2 N–H and O–H groups in total. The van der Waals surface area contributed by atoms with Crippen molar-refractivity contribution in [2.24, 2.45) is 5.73 Å². The first-order valence-corrected chi connectivity index (χ1v) is 8.62. The highest BCUT2D eigenvalue weighted by atomic mass is 79.9. The third kappa shape index (κ3) is 3.83. The topological polar surface area (TPSA) is 29.3 Å². The Morgan fingerprint density at radius 2 is 2.20 bits per heavy atom. The summed E-state index contributed by atoms with van der Waals surface area (Å²) in [5, 5.41) is 2.84. The molecule has 0 saturated carbocycles. The highest BCUT2D eigenvalue weighted by Crippen LogP contribution is 2.31. The fourth-order valence-electron chi connectivity index (χ4n) is 2.29. The first-order chi connectivity index (χ1) is 9.65. The number of likely N-dealkylation sites (N-methyl/N-ethyl adjacent to an activating group) is 1. The quantitative estimate of drug-likeness (QED) is 0.796. The molecule has 2 aromatic rings.